The van der Waals surface area contributed by atoms with E-state index in [1.165, 1.54) is 18.2 Å². The number of benzene rings is 1. The predicted molar refractivity (Wildman–Crippen MR) is 77.1 cm³/mol. The van der Waals surface area contributed by atoms with Crippen molar-refractivity contribution in [3.63, 3.8) is 0 Å². The smallest absolute Gasteiger partial charge is 0.418 e. The Balaban J connectivity index is 2.26. The quantitative estimate of drug-likeness (QED) is 0.847. The van der Waals surface area contributed by atoms with Crippen LogP contribution in [0.15, 0.2) is 34.8 Å². The van der Waals surface area contributed by atoms with E-state index in [4.69, 9.17) is 0 Å². The van der Waals surface area contributed by atoms with Crippen LogP contribution in [0.3, 0.4) is 0 Å². The fraction of sp³-hybridized carbons (Fsp3) is 0.214. The van der Waals surface area contributed by atoms with Gasteiger partial charge in [0.1, 0.15) is 11.4 Å². The Morgan fingerprint density at radius 3 is 2.62 bits per heavy atom. The van der Waals surface area contributed by atoms with Crippen molar-refractivity contribution in [3.8, 4) is 5.75 Å². The van der Waals surface area contributed by atoms with Gasteiger partial charge in [0.05, 0.1) is 12.1 Å². The lowest BCUT2D eigenvalue weighted by Crippen LogP contribution is -2.11. The standard InChI is InChI=1S/C14H12BrF3N2O/c1-8-2-5-13(21)12(20-8)7-19-11-4-3-9(15)6-10(11)14(16,17)18/h2-6,19,21H,7H2,1H3. The fourth-order valence-corrected chi connectivity index (χ4v) is 2.18. The number of hydrogen-bond acceptors (Lipinski definition) is 3. The first-order chi connectivity index (χ1) is 9.77. The molecule has 112 valence electrons. The average molecular weight is 361 g/mol. The largest absolute Gasteiger partial charge is 0.506 e. The molecule has 0 atom stereocenters. The van der Waals surface area contributed by atoms with E-state index in [2.05, 4.69) is 26.2 Å². The van der Waals surface area contributed by atoms with Gasteiger partial charge in [0.15, 0.2) is 0 Å². The maximum Gasteiger partial charge on any atom is 0.418 e. The second-order valence-corrected chi connectivity index (χ2v) is 5.38. The van der Waals surface area contributed by atoms with Gasteiger partial charge in [-0.1, -0.05) is 15.9 Å². The van der Waals surface area contributed by atoms with Gasteiger partial charge in [0.2, 0.25) is 0 Å². The van der Waals surface area contributed by atoms with Gasteiger partial charge in [-0.2, -0.15) is 13.2 Å². The van der Waals surface area contributed by atoms with Crippen molar-refractivity contribution in [1.82, 2.24) is 4.98 Å². The number of halogens is 4. The van der Waals surface area contributed by atoms with Gasteiger partial charge in [-0.25, -0.2) is 0 Å². The zero-order valence-corrected chi connectivity index (χ0v) is 12.6. The molecule has 0 saturated heterocycles. The molecule has 1 aromatic heterocycles. The van der Waals surface area contributed by atoms with Gasteiger partial charge in [0.25, 0.3) is 0 Å². The molecule has 21 heavy (non-hydrogen) atoms. The number of hydrogen-bond donors (Lipinski definition) is 2. The molecular weight excluding hydrogens is 349 g/mol. The van der Waals surface area contributed by atoms with E-state index in [1.54, 1.807) is 13.0 Å². The van der Waals surface area contributed by atoms with Crippen LogP contribution >= 0.6 is 15.9 Å². The van der Waals surface area contributed by atoms with E-state index in [0.717, 1.165) is 6.07 Å². The second-order valence-electron chi connectivity index (χ2n) is 4.46. The molecule has 0 amide bonds. The molecular formula is C14H12BrF3N2O. The average Bonchev–Trinajstić information content (AvgIpc) is 2.40. The van der Waals surface area contributed by atoms with Gasteiger partial charge in [0, 0.05) is 15.9 Å². The van der Waals surface area contributed by atoms with E-state index in [1.807, 2.05) is 0 Å². The Morgan fingerprint density at radius 1 is 1.24 bits per heavy atom. The Morgan fingerprint density at radius 2 is 1.95 bits per heavy atom. The Labute approximate surface area is 128 Å². The maximum absolute atomic E-state index is 13.0. The summed E-state index contributed by atoms with van der Waals surface area (Å²) in [6, 6.07) is 6.94. The van der Waals surface area contributed by atoms with Crippen LogP contribution in [0.1, 0.15) is 17.0 Å². The van der Waals surface area contributed by atoms with Crippen molar-refractivity contribution < 1.29 is 18.3 Å². The van der Waals surface area contributed by atoms with Crippen LogP contribution in [0.2, 0.25) is 0 Å². The van der Waals surface area contributed by atoms with Gasteiger partial charge < -0.3 is 10.4 Å². The topological polar surface area (TPSA) is 45.1 Å². The van der Waals surface area contributed by atoms with Gasteiger partial charge in [-0.05, 0) is 37.3 Å². The third kappa shape index (κ3) is 3.87. The molecule has 7 heteroatoms. The number of anilines is 1. The number of nitrogens with zero attached hydrogens (tertiary/aromatic N) is 1. The van der Waals surface area contributed by atoms with Crippen LogP contribution in [0, 0.1) is 6.92 Å². The summed E-state index contributed by atoms with van der Waals surface area (Å²) in [5.74, 6) is -0.0567. The molecule has 0 aliphatic heterocycles. The minimum atomic E-state index is -4.46. The number of alkyl halides is 3. The van der Waals surface area contributed by atoms with Crippen molar-refractivity contribution in [2.24, 2.45) is 0 Å². The van der Waals surface area contributed by atoms with Crippen molar-refractivity contribution in [3.05, 3.63) is 51.8 Å². The lowest BCUT2D eigenvalue weighted by molar-refractivity contribution is -0.137. The van der Waals surface area contributed by atoms with Crippen LogP contribution < -0.4 is 5.32 Å². The molecule has 2 aromatic rings. The van der Waals surface area contributed by atoms with E-state index in [0.29, 0.717) is 15.9 Å². The molecule has 0 radical (unpaired) electrons. The molecule has 3 nitrogen and oxygen atoms in total. The molecule has 2 rings (SSSR count). The molecule has 0 fully saturated rings. The third-order valence-corrected chi connectivity index (χ3v) is 3.32. The molecule has 0 aliphatic rings. The van der Waals surface area contributed by atoms with Crippen LogP contribution in [0.25, 0.3) is 0 Å². The normalized spacial score (nSPS) is 11.5. The molecule has 1 aromatic carbocycles. The molecule has 2 N–H and O–H groups in total. The number of nitrogens with one attached hydrogen (secondary N) is 1. The molecule has 0 aliphatic carbocycles. The first kappa shape index (κ1) is 15.6. The van der Waals surface area contributed by atoms with E-state index in [9.17, 15) is 18.3 Å². The first-order valence-corrected chi connectivity index (χ1v) is 6.83. The number of rotatable bonds is 3. The van der Waals surface area contributed by atoms with Crippen molar-refractivity contribution >= 4 is 21.6 Å². The van der Waals surface area contributed by atoms with Gasteiger partial charge in [-0.3, -0.25) is 4.98 Å². The Bertz CT molecular complexity index is 659. The Kier molecular flexibility index (Phi) is 4.41. The minimum absolute atomic E-state index is 0.00176. The summed E-state index contributed by atoms with van der Waals surface area (Å²) in [5, 5.41) is 12.3. The maximum atomic E-state index is 13.0. The highest BCUT2D eigenvalue weighted by Gasteiger charge is 2.33. The lowest BCUT2D eigenvalue weighted by atomic mass is 10.1. The predicted octanol–water partition coefficient (Wildman–Crippen LogP) is 4.49. The molecule has 0 unspecified atom stereocenters. The summed E-state index contributed by atoms with van der Waals surface area (Å²) in [7, 11) is 0. The van der Waals surface area contributed by atoms with Gasteiger partial charge in [-0.15, -0.1) is 0 Å². The number of aryl methyl sites for hydroxylation is 1. The zero-order valence-electron chi connectivity index (χ0n) is 11.0. The monoisotopic (exact) mass is 360 g/mol. The van der Waals surface area contributed by atoms with Crippen molar-refractivity contribution in [2.45, 2.75) is 19.6 Å². The fourth-order valence-electron chi connectivity index (χ4n) is 1.82. The third-order valence-electron chi connectivity index (χ3n) is 2.82. The second kappa shape index (κ2) is 5.93. The number of aromatic nitrogens is 1. The van der Waals surface area contributed by atoms with E-state index >= 15 is 0 Å². The molecule has 0 saturated carbocycles. The molecule has 0 bridgehead atoms. The summed E-state index contributed by atoms with van der Waals surface area (Å²) in [4.78, 5) is 4.09. The summed E-state index contributed by atoms with van der Waals surface area (Å²) in [6.07, 6.45) is -4.46. The van der Waals surface area contributed by atoms with Gasteiger partial charge >= 0.3 is 6.18 Å². The van der Waals surface area contributed by atoms with Crippen LogP contribution in [-0.4, -0.2) is 10.1 Å². The van der Waals surface area contributed by atoms with E-state index < -0.39 is 11.7 Å². The van der Waals surface area contributed by atoms with Crippen LogP contribution in [0.5, 0.6) is 5.75 Å². The summed E-state index contributed by atoms with van der Waals surface area (Å²) < 4.78 is 39.3. The van der Waals surface area contributed by atoms with E-state index in [-0.39, 0.29) is 18.0 Å². The summed E-state index contributed by atoms with van der Waals surface area (Å²) >= 11 is 3.03. The van der Waals surface area contributed by atoms with Crippen LogP contribution in [0.4, 0.5) is 18.9 Å². The summed E-state index contributed by atoms with van der Waals surface area (Å²) in [5.41, 5.74) is 0.139. The number of pyridine rings is 1. The van der Waals surface area contributed by atoms with Crippen LogP contribution in [-0.2, 0) is 12.7 Å². The minimum Gasteiger partial charge on any atom is -0.506 e. The SMILES string of the molecule is Cc1ccc(O)c(CNc2ccc(Br)cc2C(F)(F)F)n1. The lowest BCUT2D eigenvalue weighted by Gasteiger charge is -2.15. The van der Waals surface area contributed by atoms with Crippen molar-refractivity contribution in [1.29, 1.82) is 0 Å². The highest BCUT2D eigenvalue weighted by atomic mass is 79.9. The highest BCUT2D eigenvalue weighted by Crippen LogP contribution is 2.36. The number of aromatic hydroxyl groups is 1. The van der Waals surface area contributed by atoms with Crippen molar-refractivity contribution in [2.75, 3.05) is 5.32 Å². The highest BCUT2D eigenvalue weighted by molar-refractivity contribution is 9.10. The molecule has 0 spiro atoms. The first-order valence-electron chi connectivity index (χ1n) is 6.03. The molecule has 1 heterocycles. The Hall–Kier alpha value is -1.76. The zero-order chi connectivity index (χ0) is 15.6. The summed E-state index contributed by atoms with van der Waals surface area (Å²) in [6.45, 7) is 1.74.